The van der Waals surface area contributed by atoms with E-state index in [1.807, 2.05) is 71.4 Å². The van der Waals surface area contributed by atoms with Gasteiger partial charge in [-0.25, -0.2) is 14.5 Å². The summed E-state index contributed by atoms with van der Waals surface area (Å²) in [7, 11) is 0. The van der Waals surface area contributed by atoms with Gasteiger partial charge in [-0.05, 0) is 36.1 Å². The van der Waals surface area contributed by atoms with Crippen LogP contribution >= 0.6 is 0 Å². The van der Waals surface area contributed by atoms with E-state index in [2.05, 4.69) is 13.8 Å². The maximum absolute atomic E-state index is 11.5. The molecule has 1 heterocycles. The van der Waals surface area contributed by atoms with Crippen LogP contribution in [0.1, 0.15) is 48.1 Å². The van der Waals surface area contributed by atoms with Crippen molar-refractivity contribution in [2.45, 2.75) is 32.7 Å². The van der Waals surface area contributed by atoms with Crippen molar-refractivity contribution in [3.8, 4) is 22.5 Å². The second-order valence-corrected chi connectivity index (χ2v) is 7.64. The summed E-state index contributed by atoms with van der Waals surface area (Å²) in [6, 6.07) is 25.3. The number of carboxylic acids is 1. The lowest BCUT2D eigenvalue weighted by Crippen LogP contribution is -2.11. The average molecular weight is 412 g/mol. The minimum Gasteiger partial charge on any atom is -0.478 e. The van der Waals surface area contributed by atoms with Gasteiger partial charge in [0.15, 0.2) is 5.82 Å². The van der Waals surface area contributed by atoms with Gasteiger partial charge < -0.3 is 5.11 Å². The molecule has 4 rings (SSSR count). The molecule has 0 spiro atoms. The third-order valence-electron chi connectivity index (χ3n) is 5.53. The highest BCUT2D eigenvalue weighted by molar-refractivity contribution is 5.95. The lowest BCUT2D eigenvalue weighted by molar-refractivity contribution is 0.0697. The Morgan fingerprint density at radius 2 is 1.61 bits per heavy atom. The minimum atomic E-state index is -0.922. The summed E-state index contributed by atoms with van der Waals surface area (Å²) >= 11 is 0. The predicted molar refractivity (Wildman–Crippen MR) is 122 cm³/mol. The maximum atomic E-state index is 11.5. The van der Waals surface area contributed by atoms with Crippen molar-refractivity contribution in [2.24, 2.45) is 0 Å². The smallest absolute Gasteiger partial charge is 0.336 e. The van der Waals surface area contributed by atoms with E-state index in [0.717, 1.165) is 40.3 Å². The normalized spacial score (nSPS) is 11.9. The summed E-state index contributed by atoms with van der Waals surface area (Å²) in [5, 5.41) is 14.2. The van der Waals surface area contributed by atoms with E-state index < -0.39 is 5.97 Å². The van der Waals surface area contributed by atoms with Gasteiger partial charge in [-0.1, -0.05) is 79.7 Å². The molecular weight excluding hydrogens is 386 g/mol. The van der Waals surface area contributed by atoms with Crippen LogP contribution in [0.2, 0.25) is 0 Å². The van der Waals surface area contributed by atoms with Crippen LogP contribution < -0.4 is 0 Å². The Morgan fingerprint density at radius 1 is 0.935 bits per heavy atom. The maximum Gasteiger partial charge on any atom is 0.336 e. The van der Waals surface area contributed by atoms with Crippen molar-refractivity contribution in [1.29, 1.82) is 0 Å². The number of carboxylic acid groups (broad SMARTS) is 1. The van der Waals surface area contributed by atoms with Crippen LogP contribution in [-0.2, 0) is 6.42 Å². The third-order valence-corrected chi connectivity index (χ3v) is 5.53. The van der Waals surface area contributed by atoms with Gasteiger partial charge in [0, 0.05) is 12.0 Å². The number of carbonyl (C=O) groups is 1. The van der Waals surface area contributed by atoms with E-state index in [9.17, 15) is 9.90 Å². The molecule has 0 fully saturated rings. The van der Waals surface area contributed by atoms with Crippen molar-refractivity contribution in [3.63, 3.8) is 0 Å². The monoisotopic (exact) mass is 411 g/mol. The number of rotatable bonds is 7. The van der Waals surface area contributed by atoms with E-state index >= 15 is 0 Å². The second-order valence-electron chi connectivity index (χ2n) is 7.64. The number of aromatic nitrogens is 3. The van der Waals surface area contributed by atoms with Gasteiger partial charge in [-0.2, -0.15) is 5.10 Å². The summed E-state index contributed by atoms with van der Waals surface area (Å²) in [4.78, 5) is 16.4. The first kappa shape index (κ1) is 20.5. The van der Waals surface area contributed by atoms with Gasteiger partial charge in [0.1, 0.15) is 5.82 Å². The molecule has 4 aromatic rings. The summed E-state index contributed by atoms with van der Waals surface area (Å²) in [5.41, 5.74) is 4.02. The molecule has 156 valence electrons. The van der Waals surface area contributed by atoms with Crippen molar-refractivity contribution in [1.82, 2.24) is 14.8 Å². The molecule has 0 saturated heterocycles. The summed E-state index contributed by atoms with van der Waals surface area (Å²) in [5.74, 6) is 0.740. The second kappa shape index (κ2) is 8.96. The van der Waals surface area contributed by atoms with Crippen LogP contribution in [0.4, 0.5) is 0 Å². The number of nitrogens with zero attached hydrogens (tertiary/aromatic N) is 3. The van der Waals surface area contributed by atoms with Crippen LogP contribution in [0.3, 0.4) is 0 Å². The van der Waals surface area contributed by atoms with Crippen LogP contribution in [0.25, 0.3) is 22.5 Å². The molecule has 31 heavy (non-hydrogen) atoms. The Bertz CT molecular complexity index is 1180. The Balaban J connectivity index is 1.64. The molecule has 0 aliphatic rings. The highest BCUT2D eigenvalue weighted by Gasteiger charge is 2.16. The molecule has 0 aliphatic carbocycles. The molecular formula is C26H25N3O2. The zero-order chi connectivity index (χ0) is 21.8. The van der Waals surface area contributed by atoms with Crippen molar-refractivity contribution < 1.29 is 9.90 Å². The van der Waals surface area contributed by atoms with Crippen LogP contribution in [0.15, 0.2) is 78.9 Å². The van der Waals surface area contributed by atoms with Gasteiger partial charge in [-0.15, -0.1) is 0 Å². The molecule has 0 radical (unpaired) electrons. The Kier molecular flexibility index (Phi) is 5.94. The third kappa shape index (κ3) is 4.40. The standard InChI is InChI=1S/C26H25N3O2/c1-3-18(2)29-24(27-25(28-29)21-9-5-4-6-10-21)17-19-13-15-20(16-14-19)22-11-7-8-12-23(22)26(30)31/h4-16,18H,3,17H2,1-2H3,(H,30,31). The first-order valence-electron chi connectivity index (χ1n) is 10.5. The van der Waals surface area contributed by atoms with Gasteiger partial charge in [0.05, 0.1) is 11.6 Å². The molecule has 1 N–H and O–H groups in total. The molecule has 0 bridgehead atoms. The Morgan fingerprint density at radius 3 is 2.29 bits per heavy atom. The zero-order valence-corrected chi connectivity index (χ0v) is 17.7. The molecule has 3 aromatic carbocycles. The van der Waals surface area contributed by atoms with E-state index in [1.54, 1.807) is 12.1 Å². The first-order valence-corrected chi connectivity index (χ1v) is 10.5. The quantitative estimate of drug-likeness (QED) is 0.413. The highest BCUT2D eigenvalue weighted by atomic mass is 16.4. The van der Waals surface area contributed by atoms with Gasteiger partial charge in [0.2, 0.25) is 0 Å². The predicted octanol–water partition coefficient (Wildman–Crippen LogP) is 5.87. The number of benzene rings is 3. The topological polar surface area (TPSA) is 68.0 Å². The lowest BCUT2D eigenvalue weighted by Gasteiger charge is -2.12. The number of hydrogen-bond acceptors (Lipinski definition) is 3. The van der Waals surface area contributed by atoms with E-state index in [4.69, 9.17) is 10.1 Å². The fourth-order valence-corrected chi connectivity index (χ4v) is 3.62. The lowest BCUT2D eigenvalue weighted by atomic mass is 9.98. The highest BCUT2D eigenvalue weighted by Crippen LogP contribution is 2.26. The minimum absolute atomic E-state index is 0.252. The molecule has 5 heteroatoms. The first-order chi connectivity index (χ1) is 15.1. The summed E-state index contributed by atoms with van der Waals surface area (Å²) in [6.45, 7) is 4.30. The fraction of sp³-hybridized carbons (Fsp3) is 0.192. The van der Waals surface area contributed by atoms with Gasteiger partial charge in [0.25, 0.3) is 0 Å². The Labute approximate surface area is 182 Å². The van der Waals surface area contributed by atoms with Crippen molar-refractivity contribution in [3.05, 3.63) is 95.8 Å². The summed E-state index contributed by atoms with van der Waals surface area (Å²) in [6.07, 6.45) is 1.63. The van der Waals surface area contributed by atoms with Crippen LogP contribution in [-0.4, -0.2) is 25.8 Å². The van der Waals surface area contributed by atoms with E-state index in [0.29, 0.717) is 12.0 Å². The summed E-state index contributed by atoms with van der Waals surface area (Å²) < 4.78 is 2.02. The SMILES string of the molecule is CCC(C)n1nc(-c2ccccc2)nc1Cc1ccc(-c2ccccc2C(=O)O)cc1. The average Bonchev–Trinajstić information content (AvgIpc) is 3.23. The van der Waals surface area contributed by atoms with Gasteiger partial charge in [-0.3, -0.25) is 0 Å². The molecule has 1 unspecified atom stereocenters. The van der Waals surface area contributed by atoms with Gasteiger partial charge >= 0.3 is 5.97 Å². The van der Waals surface area contributed by atoms with E-state index in [-0.39, 0.29) is 6.04 Å². The molecule has 1 aromatic heterocycles. The molecule has 0 saturated carbocycles. The number of hydrogen-bond donors (Lipinski definition) is 1. The molecule has 0 aliphatic heterocycles. The fourth-order valence-electron chi connectivity index (χ4n) is 3.62. The van der Waals surface area contributed by atoms with Crippen LogP contribution in [0.5, 0.6) is 0 Å². The van der Waals surface area contributed by atoms with Crippen molar-refractivity contribution in [2.75, 3.05) is 0 Å². The zero-order valence-electron chi connectivity index (χ0n) is 17.7. The largest absolute Gasteiger partial charge is 0.478 e. The number of aromatic carboxylic acids is 1. The molecule has 0 amide bonds. The molecule has 5 nitrogen and oxygen atoms in total. The van der Waals surface area contributed by atoms with Crippen LogP contribution in [0, 0.1) is 0 Å². The molecule has 1 atom stereocenters. The van der Waals surface area contributed by atoms with Crippen molar-refractivity contribution >= 4 is 5.97 Å². The Hall–Kier alpha value is -3.73. The van der Waals surface area contributed by atoms with E-state index in [1.165, 1.54) is 0 Å².